The number of benzene rings is 2. The van der Waals surface area contributed by atoms with Crippen molar-refractivity contribution in [1.29, 1.82) is 0 Å². The first-order valence-electron chi connectivity index (χ1n) is 7.54. The predicted octanol–water partition coefficient (Wildman–Crippen LogP) is 3.08. The lowest BCUT2D eigenvalue weighted by atomic mass is 10.1. The summed E-state index contributed by atoms with van der Waals surface area (Å²) >= 11 is 0. The van der Waals surface area contributed by atoms with Crippen LogP contribution in [-0.2, 0) is 4.74 Å². The number of ether oxygens (including phenoxy) is 1. The third-order valence-electron chi connectivity index (χ3n) is 3.89. The average molecular weight is 296 g/mol. The largest absolute Gasteiger partial charge is 0.378 e. The van der Waals surface area contributed by atoms with Gasteiger partial charge in [0.05, 0.1) is 24.6 Å². The molecule has 0 bridgehead atoms. The molecule has 0 saturated carbocycles. The standard InChI is InChI=1S/C18H20N2O2/c1-14-6-2-3-7-15(14)18(21)19-16-8-4-5-9-17(16)20-10-12-22-13-11-20/h2-9H,10-13H2,1H3,(H,19,21). The highest BCUT2D eigenvalue weighted by Gasteiger charge is 2.16. The number of amides is 1. The second kappa shape index (κ2) is 6.62. The number of hydrogen-bond acceptors (Lipinski definition) is 3. The zero-order valence-corrected chi connectivity index (χ0v) is 12.7. The van der Waals surface area contributed by atoms with E-state index in [-0.39, 0.29) is 5.91 Å². The molecule has 1 saturated heterocycles. The number of nitrogens with one attached hydrogen (secondary N) is 1. The minimum atomic E-state index is -0.0705. The van der Waals surface area contributed by atoms with Crippen molar-refractivity contribution in [2.24, 2.45) is 0 Å². The third kappa shape index (κ3) is 3.12. The van der Waals surface area contributed by atoms with Crippen LogP contribution in [0.5, 0.6) is 0 Å². The molecular weight excluding hydrogens is 276 g/mol. The van der Waals surface area contributed by atoms with E-state index in [0.29, 0.717) is 5.56 Å². The number of carbonyl (C=O) groups excluding carboxylic acids is 1. The van der Waals surface area contributed by atoms with E-state index in [1.54, 1.807) is 0 Å². The first kappa shape index (κ1) is 14.6. The number of morpholine rings is 1. The van der Waals surface area contributed by atoms with Crippen molar-refractivity contribution in [3.63, 3.8) is 0 Å². The van der Waals surface area contributed by atoms with E-state index >= 15 is 0 Å². The maximum atomic E-state index is 12.5. The Kier molecular flexibility index (Phi) is 4.39. The van der Waals surface area contributed by atoms with E-state index < -0.39 is 0 Å². The quantitative estimate of drug-likeness (QED) is 0.946. The fraction of sp³-hybridized carbons (Fsp3) is 0.278. The summed E-state index contributed by atoms with van der Waals surface area (Å²) in [5, 5.41) is 3.04. The van der Waals surface area contributed by atoms with Crippen LogP contribution in [0.15, 0.2) is 48.5 Å². The highest BCUT2D eigenvalue weighted by Crippen LogP contribution is 2.27. The topological polar surface area (TPSA) is 41.6 Å². The van der Waals surface area contributed by atoms with Crippen molar-refractivity contribution in [1.82, 2.24) is 0 Å². The van der Waals surface area contributed by atoms with Gasteiger partial charge in [-0.15, -0.1) is 0 Å². The Morgan fingerprint density at radius 3 is 2.50 bits per heavy atom. The van der Waals surface area contributed by atoms with Crippen LogP contribution in [0.1, 0.15) is 15.9 Å². The van der Waals surface area contributed by atoms with Gasteiger partial charge in [-0.2, -0.15) is 0 Å². The Hall–Kier alpha value is -2.33. The molecule has 1 aliphatic heterocycles. The Morgan fingerprint density at radius 2 is 1.73 bits per heavy atom. The molecule has 1 amide bonds. The molecule has 1 heterocycles. The smallest absolute Gasteiger partial charge is 0.255 e. The van der Waals surface area contributed by atoms with Gasteiger partial charge in [0.15, 0.2) is 0 Å². The van der Waals surface area contributed by atoms with Crippen molar-refractivity contribution < 1.29 is 9.53 Å². The number of carbonyl (C=O) groups is 1. The van der Waals surface area contributed by atoms with Crippen LogP contribution >= 0.6 is 0 Å². The maximum Gasteiger partial charge on any atom is 0.255 e. The second-order valence-electron chi connectivity index (χ2n) is 5.39. The molecule has 0 radical (unpaired) electrons. The fourth-order valence-electron chi connectivity index (χ4n) is 2.68. The van der Waals surface area contributed by atoms with Gasteiger partial charge in [0.1, 0.15) is 0 Å². The zero-order valence-electron chi connectivity index (χ0n) is 12.7. The Morgan fingerprint density at radius 1 is 1.05 bits per heavy atom. The van der Waals surface area contributed by atoms with Gasteiger partial charge in [0.25, 0.3) is 5.91 Å². The predicted molar refractivity (Wildman–Crippen MR) is 88.6 cm³/mol. The van der Waals surface area contributed by atoms with E-state index in [2.05, 4.69) is 10.2 Å². The highest BCUT2D eigenvalue weighted by atomic mass is 16.5. The molecule has 4 nitrogen and oxygen atoms in total. The fourth-order valence-corrected chi connectivity index (χ4v) is 2.68. The Bertz CT molecular complexity index is 664. The van der Waals surface area contributed by atoms with Gasteiger partial charge in [-0.25, -0.2) is 0 Å². The van der Waals surface area contributed by atoms with E-state index in [4.69, 9.17) is 4.74 Å². The van der Waals surface area contributed by atoms with E-state index in [0.717, 1.165) is 43.2 Å². The van der Waals surface area contributed by atoms with Gasteiger partial charge in [-0.1, -0.05) is 30.3 Å². The molecule has 0 unspecified atom stereocenters. The van der Waals surface area contributed by atoms with E-state index in [9.17, 15) is 4.79 Å². The molecule has 0 aliphatic carbocycles. The van der Waals surface area contributed by atoms with Gasteiger partial charge < -0.3 is 15.0 Å². The number of rotatable bonds is 3. The monoisotopic (exact) mass is 296 g/mol. The summed E-state index contributed by atoms with van der Waals surface area (Å²) in [7, 11) is 0. The molecule has 0 atom stereocenters. The Labute approximate surface area is 130 Å². The van der Waals surface area contributed by atoms with Crippen LogP contribution in [0.3, 0.4) is 0 Å². The summed E-state index contributed by atoms with van der Waals surface area (Å²) in [5.74, 6) is -0.0705. The maximum absolute atomic E-state index is 12.5. The van der Waals surface area contributed by atoms with Crippen molar-refractivity contribution in [3.8, 4) is 0 Å². The third-order valence-corrected chi connectivity index (χ3v) is 3.89. The van der Waals surface area contributed by atoms with Crippen LogP contribution in [0.25, 0.3) is 0 Å². The molecule has 1 N–H and O–H groups in total. The van der Waals surface area contributed by atoms with Crippen LogP contribution < -0.4 is 10.2 Å². The summed E-state index contributed by atoms with van der Waals surface area (Å²) in [4.78, 5) is 14.8. The Balaban J connectivity index is 1.83. The molecule has 0 aromatic heterocycles. The van der Waals surface area contributed by atoms with Crippen molar-refractivity contribution >= 4 is 17.3 Å². The van der Waals surface area contributed by atoms with Gasteiger partial charge in [-0.3, -0.25) is 4.79 Å². The molecule has 22 heavy (non-hydrogen) atoms. The summed E-state index contributed by atoms with van der Waals surface area (Å²) in [5.41, 5.74) is 3.58. The van der Waals surface area contributed by atoms with Crippen LogP contribution in [0, 0.1) is 6.92 Å². The number of para-hydroxylation sites is 2. The first-order valence-corrected chi connectivity index (χ1v) is 7.54. The lowest BCUT2D eigenvalue weighted by Crippen LogP contribution is -2.36. The van der Waals surface area contributed by atoms with Crippen molar-refractivity contribution in [2.75, 3.05) is 36.5 Å². The SMILES string of the molecule is Cc1ccccc1C(=O)Nc1ccccc1N1CCOCC1. The lowest BCUT2D eigenvalue weighted by Gasteiger charge is -2.30. The number of aryl methyl sites for hydroxylation is 1. The van der Waals surface area contributed by atoms with Crippen LogP contribution in [0.2, 0.25) is 0 Å². The average Bonchev–Trinajstić information content (AvgIpc) is 2.56. The minimum Gasteiger partial charge on any atom is -0.378 e. The molecule has 3 rings (SSSR count). The molecule has 1 aliphatic rings. The van der Waals surface area contributed by atoms with Crippen molar-refractivity contribution in [3.05, 3.63) is 59.7 Å². The summed E-state index contributed by atoms with van der Waals surface area (Å²) in [6.07, 6.45) is 0. The van der Waals surface area contributed by atoms with Gasteiger partial charge in [-0.05, 0) is 30.7 Å². The molecule has 4 heteroatoms. The number of hydrogen-bond donors (Lipinski definition) is 1. The van der Waals surface area contributed by atoms with Gasteiger partial charge >= 0.3 is 0 Å². The summed E-state index contributed by atoms with van der Waals surface area (Å²) in [6.45, 7) is 5.08. The molecule has 2 aromatic rings. The zero-order chi connectivity index (χ0) is 15.4. The molecule has 2 aromatic carbocycles. The summed E-state index contributed by atoms with van der Waals surface area (Å²) in [6, 6.07) is 15.5. The van der Waals surface area contributed by atoms with E-state index in [1.807, 2.05) is 55.5 Å². The molecule has 1 fully saturated rings. The normalized spacial score (nSPS) is 14.7. The van der Waals surface area contributed by atoms with Gasteiger partial charge in [0.2, 0.25) is 0 Å². The minimum absolute atomic E-state index is 0.0705. The molecular formula is C18H20N2O2. The molecule has 0 spiro atoms. The lowest BCUT2D eigenvalue weighted by molar-refractivity contribution is 0.102. The molecule has 114 valence electrons. The van der Waals surface area contributed by atoms with E-state index in [1.165, 1.54) is 0 Å². The van der Waals surface area contributed by atoms with Crippen LogP contribution in [0.4, 0.5) is 11.4 Å². The number of nitrogens with zero attached hydrogens (tertiary/aromatic N) is 1. The second-order valence-corrected chi connectivity index (χ2v) is 5.39. The highest BCUT2D eigenvalue weighted by molar-refractivity contribution is 6.06. The van der Waals surface area contributed by atoms with Crippen molar-refractivity contribution in [2.45, 2.75) is 6.92 Å². The number of anilines is 2. The first-order chi connectivity index (χ1) is 10.8. The van der Waals surface area contributed by atoms with Crippen LogP contribution in [-0.4, -0.2) is 32.2 Å². The summed E-state index contributed by atoms with van der Waals surface area (Å²) < 4.78 is 5.40. The van der Waals surface area contributed by atoms with Gasteiger partial charge in [0, 0.05) is 18.7 Å².